The molecule has 3 heteroatoms. The van der Waals surface area contributed by atoms with Crippen molar-refractivity contribution in [2.75, 3.05) is 13.1 Å². The highest BCUT2D eigenvalue weighted by Crippen LogP contribution is 2.29. The van der Waals surface area contributed by atoms with Crippen molar-refractivity contribution in [1.29, 1.82) is 0 Å². The van der Waals surface area contributed by atoms with Gasteiger partial charge in [0.25, 0.3) is 0 Å². The molecule has 0 fully saturated rings. The van der Waals surface area contributed by atoms with Crippen LogP contribution in [0, 0.1) is 10.8 Å². The van der Waals surface area contributed by atoms with Crippen molar-refractivity contribution in [3.05, 3.63) is 0 Å². The predicted octanol–water partition coefficient (Wildman–Crippen LogP) is 3.08. The molecule has 0 aliphatic heterocycles. The van der Waals surface area contributed by atoms with Gasteiger partial charge in [-0.25, -0.2) is 0 Å². The molecule has 0 heterocycles. The molecule has 0 aromatic carbocycles. The van der Waals surface area contributed by atoms with E-state index in [2.05, 4.69) is 39.9 Å². The second kappa shape index (κ2) is 7.78. The van der Waals surface area contributed by atoms with E-state index in [0.717, 1.165) is 38.6 Å². The van der Waals surface area contributed by atoms with Crippen molar-refractivity contribution in [3.63, 3.8) is 0 Å². The van der Waals surface area contributed by atoms with Crippen LogP contribution in [0.15, 0.2) is 0 Å². The molecule has 0 spiro atoms. The van der Waals surface area contributed by atoms with Gasteiger partial charge in [0, 0.05) is 13.1 Å². The Bertz CT molecular complexity index is 243. The van der Waals surface area contributed by atoms with E-state index in [-0.39, 0.29) is 16.7 Å². The molecule has 108 valence electrons. The second-order valence-electron chi connectivity index (χ2n) is 6.18. The Morgan fingerprint density at radius 3 is 1.94 bits per heavy atom. The van der Waals surface area contributed by atoms with Crippen molar-refractivity contribution in [2.24, 2.45) is 16.6 Å². The molecule has 0 saturated heterocycles. The molecule has 0 aliphatic carbocycles. The number of carbonyl (C=O) groups excluding carboxylic acids is 1. The van der Waals surface area contributed by atoms with Crippen LogP contribution in [0.5, 0.6) is 0 Å². The van der Waals surface area contributed by atoms with E-state index in [0.29, 0.717) is 6.54 Å². The minimum Gasteiger partial charge on any atom is -0.355 e. The number of nitrogens with two attached hydrogens (primary N) is 1. The minimum atomic E-state index is -0.354. The Hall–Kier alpha value is -0.570. The fraction of sp³-hybridized carbons (Fsp3) is 0.933. The predicted molar refractivity (Wildman–Crippen MR) is 78.4 cm³/mol. The van der Waals surface area contributed by atoms with Crippen LogP contribution in [0.4, 0.5) is 0 Å². The first-order valence-electron chi connectivity index (χ1n) is 7.36. The summed E-state index contributed by atoms with van der Waals surface area (Å²) in [6.07, 6.45) is 4.83. The average molecular weight is 256 g/mol. The van der Waals surface area contributed by atoms with Crippen LogP contribution in [0.1, 0.15) is 66.7 Å². The molecule has 0 unspecified atom stereocenters. The molecule has 3 N–H and O–H groups in total. The number of hydrogen-bond acceptors (Lipinski definition) is 2. The lowest BCUT2D eigenvalue weighted by molar-refractivity contribution is -0.132. The summed E-state index contributed by atoms with van der Waals surface area (Å²) in [6, 6.07) is 0. The van der Waals surface area contributed by atoms with Crippen molar-refractivity contribution in [3.8, 4) is 0 Å². The Morgan fingerprint density at radius 1 is 1.11 bits per heavy atom. The maximum absolute atomic E-state index is 12.4. The average Bonchev–Trinajstić information content (AvgIpc) is 2.35. The van der Waals surface area contributed by atoms with Gasteiger partial charge in [0.05, 0.1) is 5.41 Å². The highest BCUT2D eigenvalue weighted by molar-refractivity contribution is 5.82. The number of nitrogens with one attached hydrogen (secondary N) is 1. The summed E-state index contributed by atoms with van der Waals surface area (Å²) < 4.78 is 0. The first-order valence-corrected chi connectivity index (χ1v) is 7.36. The molecule has 18 heavy (non-hydrogen) atoms. The van der Waals surface area contributed by atoms with Gasteiger partial charge in [-0.05, 0) is 24.7 Å². The number of carbonyl (C=O) groups is 1. The van der Waals surface area contributed by atoms with E-state index < -0.39 is 0 Å². The van der Waals surface area contributed by atoms with E-state index in [1.807, 2.05) is 0 Å². The lowest BCUT2D eigenvalue weighted by Gasteiger charge is -2.33. The number of amides is 1. The van der Waals surface area contributed by atoms with Gasteiger partial charge < -0.3 is 11.1 Å². The van der Waals surface area contributed by atoms with E-state index >= 15 is 0 Å². The smallest absolute Gasteiger partial charge is 0.227 e. The summed E-state index contributed by atoms with van der Waals surface area (Å²) >= 11 is 0. The van der Waals surface area contributed by atoms with Gasteiger partial charge in [-0.2, -0.15) is 0 Å². The summed E-state index contributed by atoms with van der Waals surface area (Å²) in [4.78, 5) is 12.4. The van der Waals surface area contributed by atoms with Gasteiger partial charge in [0.2, 0.25) is 5.91 Å². The zero-order valence-electron chi connectivity index (χ0n) is 12.9. The van der Waals surface area contributed by atoms with E-state index in [4.69, 9.17) is 5.73 Å². The summed E-state index contributed by atoms with van der Waals surface area (Å²) in [6.45, 7) is 11.9. The van der Waals surface area contributed by atoms with Crippen molar-refractivity contribution in [2.45, 2.75) is 66.7 Å². The van der Waals surface area contributed by atoms with Gasteiger partial charge in [-0.3, -0.25) is 4.79 Å². The Kier molecular flexibility index (Phi) is 7.53. The van der Waals surface area contributed by atoms with E-state index in [1.165, 1.54) is 0 Å². The lowest BCUT2D eigenvalue weighted by atomic mass is 9.78. The minimum absolute atomic E-state index is 0.148. The highest BCUT2D eigenvalue weighted by atomic mass is 16.2. The SMILES string of the molecule is CCCC(CN)(CCC)C(=O)NCC(C)(C)CC. The molecule has 0 atom stereocenters. The van der Waals surface area contributed by atoms with Crippen LogP contribution in [0.2, 0.25) is 0 Å². The standard InChI is InChI=1S/C15H32N2O/c1-6-9-15(11-16,10-7-2)13(18)17-12-14(4,5)8-3/h6-12,16H2,1-5H3,(H,17,18). The molecule has 1 amide bonds. The summed E-state index contributed by atoms with van der Waals surface area (Å²) in [5.41, 5.74) is 5.70. The Morgan fingerprint density at radius 2 is 1.61 bits per heavy atom. The van der Waals surface area contributed by atoms with Crippen LogP contribution >= 0.6 is 0 Å². The third kappa shape index (κ3) is 4.97. The van der Waals surface area contributed by atoms with Crippen molar-refractivity contribution in [1.82, 2.24) is 5.32 Å². The fourth-order valence-corrected chi connectivity index (χ4v) is 2.24. The zero-order chi connectivity index (χ0) is 14.2. The molecule has 0 rings (SSSR count). The van der Waals surface area contributed by atoms with E-state index in [9.17, 15) is 4.79 Å². The molecule has 0 aliphatic rings. The first kappa shape index (κ1) is 17.4. The first-order chi connectivity index (χ1) is 8.37. The van der Waals surface area contributed by atoms with E-state index in [1.54, 1.807) is 0 Å². The van der Waals surface area contributed by atoms with Gasteiger partial charge in [-0.15, -0.1) is 0 Å². The maximum Gasteiger partial charge on any atom is 0.227 e. The number of rotatable bonds is 9. The summed E-state index contributed by atoms with van der Waals surface area (Å²) in [5, 5.41) is 3.12. The van der Waals surface area contributed by atoms with Gasteiger partial charge in [-0.1, -0.05) is 47.5 Å². The quantitative estimate of drug-likeness (QED) is 0.666. The molecule has 0 saturated carbocycles. The van der Waals surface area contributed by atoms with Gasteiger partial charge in [0.15, 0.2) is 0 Å². The zero-order valence-corrected chi connectivity index (χ0v) is 12.9. The maximum atomic E-state index is 12.4. The number of hydrogen-bond donors (Lipinski definition) is 2. The van der Waals surface area contributed by atoms with Crippen molar-refractivity contribution >= 4 is 5.91 Å². The van der Waals surface area contributed by atoms with Crippen LogP contribution in [-0.4, -0.2) is 19.0 Å². The van der Waals surface area contributed by atoms with Crippen LogP contribution in [-0.2, 0) is 4.79 Å². The third-order valence-electron chi connectivity index (χ3n) is 4.01. The van der Waals surface area contributed by atoms with Crippen LogP contribution in [0.25, 0.3) is 0 Å². The largest absolute Gasteiger partial charge is 0.355 e. The fourth-order valence-electron chi connectivity index (χ4n) is 2.24. The van der Waals surface area contributed by atoms with Crippen molar-refractivity contribution < 1.29 is 4.79 Å². The second-order valence-corrected chi connectivity index (χ2v) is 6.18. The molecular formula is C15H32N2O. The third-order valence-corrected chi connectivity index (χ3v) is 4.01. The summed E-state index contributed by atoms with van der Waals surface area (Å²) in [7, 11) is 0. The Labute approximate surface area is 113 Å². The molecule has 0 aromatic rings. The molecular weight excluding hydrogens is 224 g/mol. The molecule has 0 aromatic heterocycles. The Balaban J connectivity index is 4.65. The molecule has 0 radical (unpaired) electrons. The molecule has 0 bridgehead atoms. The normalized spacial score (nSPS) is 12.6. The monoisotopic (exact) mass is 256 g/mol. The summed E-state index contributed by atoms with van der Waals surface area (Å²) in [5.74, 6) is 0.148. The highest BCUT2D eigenvalue weighted by Gasteiger charge is 2.35. The van der Waals surface area contributed by atoms with Crippen LogP contribution in [0.3, 0.4) is 0 Å². The molecule has 3 nitrogen and oxygen atoms in total. The van der Waals surface area contributed by atoms with Gasteiger partial charge >= 0.3 is 0 Å². The lowest BCUT2D eigenvalue weighted by Crippen LogP contribution is -2.48. The van der Waals surface area contributed by atoms with Crippen LogP contribution < -0.4 is 11.1 Å². The topological polar surface area (TPSA) is 55.1 Å². The van der Waals surface area contributed by atoms with Gasteiger partial charge in [0.1, 0.15) is 0 Å².